The predicted octanol–water partition coefficient (Wildman–Crippen LogP) is 1.14. The highest BCUT2D eigenvalue weighted by Crippen LogP contribution is 2.19. The number of rotatable bonds is 5. The standard InChI is InChI=1S/C10H18ClN5/c1-7-8(10(11)16(3)14-7)6-15(2)5-4-9(12)13/h4-6H2,1-3H3,(H3,12,13). The van der Waals surface area contributed by atoms with Gasteiger partial charge in [-0.25, -0.2) is 0 Å². The maximum Gasteiger partial charge on any atom is 0.131 e. The van der Waals surface area contributed by atoms with Crippen LogP contribution in [0.5, 0.6) is 0 Å². The number of halogens is 1. The molecule has 16 heavy (non-hydrogen) atoms. The Morgan fingerprint density at radius 1 is 1.62 bits per heavy atom. The molecule has 6 heteroatoms. The molecular formula is C10H18ClN5. The third-order valence-corrected chi connectivity index (χ3v) is 2.93. The van der Waals surface area contributed by atoms with Crippen LogP contribution >= 0.6 is 11.6 Å². The Hall–Kier alpha value is -1.07. The lowest BCUT2D eigenvalue weighted by Gasteiger charge is -2.15. The van der Waals surface area contributed by atoms with Gasteiger partial charge in [-0.05, 0) is 14.0 Å². The van der Waals surface area contributed by atoms with Crippen LogP contribution in [-0.2, 0) is 13.6 Å². The van der Waals surface area contributed by atoms with Crippen molar-refractivity contribution in [3.8, 4) is 0 Å². The molecule has 1 aromatic rings. The van der Waals surface area contributed by atoms with Gasteiger partial charge < -0.3 is 10.6 Å². The van der Waals surface area contributed by atoms with Gasteiger partial charge in [0.25, 0.3) is 0 Å². The molecule has 0 saturated carbocycles. The first kappa shape index (κ1) is 13.0. The van der Waals surface area contributed by atoms with Gasteiger partial charge in [-0.15, -0.1) is 0 Å². The number of aromatic nitrogens is 2. The van der Waals surface area contributed by atoms with Crippen LogP contribution in [0.4, 0.5) is 0 Å². The fourth-order valence-corrected chi connectivity index (χ4v) is 1.75. The summed E-state index contributed by atoms with van der Waals surface area (Å²) in [5.41, 5.74) is 7.30. The van der Waals surface area contributed by atoms with Gasteiger partial charge >= 0.3 is 0 Å². The monoisotopic (exact) mass is 243 g/mol. The summed E-state index contributed by atoms with van der Waals surface area (Å²) >= 11 is 6.13. The highest BCUT2D eigenvalue weighted by atomic mass is 35.5. The summed E-state index contributed by atoms with van der Waals surface area (Å²) in [4.78, 5) is 2.08. The van der Waals surface area contributed by atoms with Crippen molar-refractivity contribution in [3.05, 3.63) is 16.4 Å². The van der Waals surface area contributed by atoms with E-state index >= 15 is 0 Å². The summed E-state index contributed by atoms with van der Waals surface area (Å²) in [6, 6.07) is 0. The van der Waals surface area contributed by atoms with E-state index in [0.29, 0.717) is 11.6 Å². The Morgan fingerprint density at radius 2 is 2.25 bits per heavy atom. The van der Waals surface area contributed by atoms with Gasteiger partial charge in [0.15, 0.2) is 0 Å². The normalized spacial score (nSPS) is 11.1. The largest absolute Gasteiger partial charge is 0.388 e. The minimum atomic E-state index is 0.209. The molecule has 0 bridgehead atoms. The average molecular weight is 244 g/mol. The molecule has 0 aliphatic heterocycles. The van der Waals surface area contributed by atoms with E-state index in [4.69, 9.17) is 22.7 Å². The molecule has 1 rings (SSSR count). The molecule has 0 unspecified atom stereocenters. The number of nitrogens with zero attached hydrogens (tertiary/aromatic N) is 3. The van der Waals surface area contributed by atoms with Crippen LogP contribution in [0.15, 0.2) is 0 Å². The second-order valence-electron chi connectivity index (χ2n) is 3.99. The molecule has 0 radical (unpaired) electrons. The molecule has 1 heterocycles. The molecule has 0 atom stereocenters. The molecule has 0 aliphatic carbocycles. The first-order chi connectivity index (χ1) is 7.41. The molecular weight excluding hydrogens is 226 g/mol. The number of nitrogens with one attached hydrogen (secondary N) is 1. The topological polar surface area (TPSA) is 70.9 Å². The quantitative estimate of drug-likeness (QED) is 0.602. The molecule has 3 N–H and O–H groups in total. The summed E-state index contributed by atoms with van der Waals surface area (Å²) in [6.45, 7) is 3.42. The SMILES string of the molecule is Cc1nn(C)c(Cl)c1CN(C)CCC(=N)N. The van der Waals surface area contributed by atoms with Gasteiger partial charge in [-0.2, -0.15) is 5.10 Å². The van der Waals surface area contributed by atoms with Crippen molar-refractivity contribution in [3.63, 3.8) is 0 Å². The molecule has 0 aliphatic rings. The third kappa shape index (κ3) is 3.21. The fourth-order valence-electron chi connectivity index (χ4n) is 1.51. The smallest absolute Gasteiger partial charge is 0.131 e. The first-order valence-electron chi connectivity index (χ1n) is 5.11. The maximum atomic E-state index is 7.16. The van der Waals surface area contributed by atoms with E-state index in [2.05, 4.69) is 10.00 Å². The zero-order chi connectivity index (χ0) is 12.3. The van der Waals surface area contributed by atoms with Gasteiger partial charge in [0.2, 0.25) is 0 Å². The molecule has 1 aromatic heterocycles. The minimum Gasteiger partial charge on any atom is -0.388 e. The van der Waals surface area contributed by atoms with Gasteiger partial charge in [-0.1, -0.05) is 11.6 Å². The van der Waals surface area contributed by atoms with Crippen LogP contribution in [-0.4, -0.2) is 34.1 Å². The fraction of sp³-hybridized carbons (Fsp3) is 0.600. The second-order valence-corrected chi connectivity index (χ2v) is 4.35. The molecule has 0 aromatic carbocycles. The number of aryl methyl sites for hydroxylation is 2. The van der Waals surface area contributed by atoms with Crippen molar-refractivity contribution >= 4 is 17.4 Å². The molecule has 5 nitrogen and oxygen atoms in total. The summed E-state index contributed by atoms with van der Waals surface area (Å²) in [5.74, 6) is 0.209. The highest BCUT2D eigenvalue weighted by Gasteiger charge is 2.12. The predicted molar refractivity (Wildman–Crippen MR) is 65.8 cm³/mol. The molecule has 0 saturated heterocycles. The molecule has 0 fully saturated rings. The summed E-state index contributed by atoms with van der Waals surface area (Å²) in [7, 11) is 3.81. The van der Waals surface area contributed by atoms with Crippen molar-refractivity contribution in [2.45, 2.75) is 19.9 Å². The lowest BCUT2D eigenvalue weighted by molar-refractivity contribution is 0.336. The number of nitrogens with two attached hydrogens (primary N) is 1. The zero-order valence-corrected chi connectivity index (χ0v) is 10.7. The van der Waals surface area contributed by atoms with Gasteiger partial charge in [0.05, 0.1) is 11.5 Å². The summed E-state index contributed by atoms with van der Waals surface area (Å²) in [5, 5.41) is 12.1. The summed E-state index contributed by atoms with van der Waals surface area (Å²) < 4.78 is 1.67. The van der Waals surface area contributed by atoms with Crippen LogP contribution in [0, 0.1) is 12.3 Å². The van der Waals surface area contributed by atoms with E-state index in [1.54, 1.807) is 4.68 Å². The minimum absolute atomic E-state index is 0.209. The Morgan fingerprint density at radius 3 is 2.69 bits per heavy atom. The lowest BCUT2D eigenvalue weighted by atomic mass is 10.2. The maximum absolute atomic E-state index is 7.16. The van der Waals surface area contributed by atoms with E-state index in [9.17, 15) is 0 Å². The molecule has 0 spiro atoms. The van der Waals surface area contributed by atoms with E-state index < -0.39 is 0 Å². The molecule has 0 amide bonds. The van der Waals surface area contributed by atoms with E-state index in [1.165, 1.54) is 0 Å². The second kappa shape index (κ2) is 5.32. The number of amidine groups is 1. The molecule has 90 valence electrons. The van der Waals surface area contributed by atoms with Crippen LogP contribution < -0.4 is 5.73 Å². The van der Waals surface area contributed by atoms with E-state index in [-0.39, 0.29) is 5.84 Å². The third-order valence-electron chi connectivity index (χ3n) is 2.46. The summed E-state index contributed by atoms with van der Waals surface area (Å²) in [6.07, 6.45) is 0.577. The lowest BCUT2D eigenvalue weighted by Crippen LogP contribution is -2.24. The van der Waals surface area contributed by atoms with Crippen molar-refractivity contribution in [2.75, 3.05) is 13.6 Å². The Labute approximate surface area is 101 Å². The van der Waals surface area contributed by atoms with Crippen molar-refractivity contribution in [2.24, 2.45) is 12.8 Å². The van der Waals surface area contributed by atoms with Crippen LogP contribution in [0.2, 0.25) is 5.15 Å². The number of hydrogen-bond acceptors (Lipinski definition) is 3. The van der Waals surface area contributed by atoms with Gasteiger partial charge in [0.1, 0.15) is 5.15 Å². The Kier molecular flexibility index (Phi) is 4.32. The van der Waals surface area contributed by atoms with Crippen molar-refractivity contribution < 1.29 is 0 Å². The van der Waals surface area contributed by atoms with Crippen LogP contribution in [0.3, 0.4) is 0 Å². The van der Waals surface area contributed by atoms with E-state index in [0.717, 1.165) is 24.3 Å². The Balaban J connectivity index is 2.62. The zero-order valence-electron chi connectivity index (χ0n) is 9.92. The Bertz CT molecular complexity index is 385. The van der Waals surface area contributed by atoms with Crippen molar-refractivity contribution in [1.82, 2.24) is 14.7 Å². The van der Waals surface area contributed by atoms with Crippen molar-refractivity contribution in [1.29, 1.82) is 5.41 Å². The average Bonchev–Trinajstić information content (AvgIpc) is 2.42. The van der Waals surface area contributed by atoms with Gasteiger partial charge in [0, 0.05) is 32.1 Å². The number of hydrogen-bond donors (Lipinski definition) is 2. The van der Waals surface area contributed by atoms with E-state index in [1.807, 2.05) is 21.0 Å². The highest BCUT2D eigenvalue weighted by molar-refractivity contribution is 6.30. The van der Waals surface area contributed by atoms with Crippen LogP contribution in [0.1, 0.15) is 17.7 Å². The van der Waals surface area contributed by atoms with Gasteiger partial charge in [-0.3, -0.25) is 10.1 Å². The van der Waals surface area contributed by atoms with Crippen LogP contribution in [0.25, 0.3) is 0 Å². The first-order valence-corrected chi connectivity index (χ1v) is 5.49.